The van der Waals surface area contributed by atoms with Crippen LogP contribution in [0, 0.1) is 0 Å². The lowest BCUT2D eigenvalue weighted by Crippen LogP contribution is -2.23. The fourth-order valence-electron chi connectivity index (χ4n) is 2.91. The van der Waals surface area contributed by atoms with Crippen molar-refractivity contribution in [3.63, 3.8) is 0 Å². The van der Waals surface area contributed by atoms with Gasteiger partial charge in [-0.15, -0.1) is 0 Å². The van der Waals surface area contributed by atoms with Crippen molar-refractivity contribution in [3.05, 3.63) is 83.6 Å². The van der Waals surface area contributed by atoms with Crippen LogP contribution < -0.4 is 20.1 Å². The fourth-order valence-corrected chi connectivity index (χ4v) is 2.91. The van der Waals surface area contributed by atoms with Gasteiger partial charge >= 0.3 is 0 Å². The summed E-state index contributed by atoms with van der Waals surface area (Å²) in [5.41, 5.74) is 7.92. The maximum atomic E-state index is 11.6. The molecule has 2 N–H and O–H groups in total. The lowest BCUT2D eigenvalue weighted by Gasteiger charge is -2.21. The number of nitrogens with two attached hydrogens (primary N) is 1. The summed E-state index contributed by atoms with van der Waals surface area (Å²) < 4.78 is 11.4. The van der Waals surface area contributed by atoms with Gasteiger partial charge in [-0.2, -0.15) is 0 Å². The van der Waals surface area contributed by atoms with Crippen LogP contribution in [0.2, 0.25) is 0 Å². The molecule has 0 aliphatic heterocycles. The standard InChI is InChI=1S/C22H23N3O3/c1-25(22-18(21(23)26)9-6-12-24-22)14-17-10-11-19(20(13-17)27-2)28-15-16-7-4-3-5-8-16/h3-13H,14-15H2,1-2H3,(H2,23,26). The quantitative estimate of drug-likeness (QED) is 0.651. The second kappa shape index (κ2) is 8.90. The third-order valence-electron chi connectivity index (χ3n) is 4.30. The topological polar surface area (TPSA) is 77.7 Å². The molecule has 2 aromatic carbocycles. The van der Waals surface area contributed by atoms with E-state index < -0.39 is 5.91 Å². The average molecular weight is 377 g/mol. The summed E-state index contributed by atoms with van der Waals surface area (Å²) in [6.45, 7) is 0.999. The van der Waals surface area contributed by atoms with Gasteiger partial charge in [0.25, 0.3) is 5.91 Å². The number of hydrogen-bond donors (Lipinski definition) is 1. The zero-order valence-corrected chi connectivity index (χ0v) is 16.0. The number of anilines is 1. The molecule has 3 rings (SSSR count). The van der Waals surface area contributed by atoms with Gasteiger partial charge in [-0.25, -0.2) is 4.98 Å². The van der Waals surface area contributed by atoms with E-state index in [1.807, 2.05) is 60.5 Å². The molecule has 0 aliphatic rings. The van der Waals surface area contributed by atoms with Crippen molar-refractivity contribution < 1.29 is 14.3 Å². The predicted octanol–water partition coefficient (Wildman–Crippen LogP) is 3.40. The number of pyridine rings is 1. The molecule has 0 saturated heterocycles. The average Bonchev–Trinajstić information content (AvgIpc) is 2.73. The summed E-state index contributed by atoms with van der Waals surface area (Å²) >= 11 is 0. The maximum Gasteiger partial charge on any atom is 0.252 e. The molecule has 0 radical (unpaired) electrons. The number of hydrogen-bond acceptors (Lipinski definition) is 5. The smallest absolute Gasteiger partial charge is 0.252 e. The molecule has 6 heteroatoms. The summed E-state index contributed by atoms with van der Waals surface area (Å²) in [4.78, 5) is 17.8. The molecule has 144 valence electrons. The minimum absolute atomic E-state index is 0.389. The van der Waals surface area contributed by atoms with E-state index in [0.717, 1.165) is 11.1 Å². The summed E-state index contributed by atoms with van der Waals surface area (Å²) in [7, 11) is 3.48. The van der Waals surface area contributed by atoms with Gasteiger partial charge in [-0.1, -0.05) is 36.4 Å². The molecule has 0 atom stereocenters. The van der Waals surface area contributed by atoms with Crippen molar-refractivity contribution >= 4 is 11.7 Å². The molecule has 1 aromatic heterocycles. The van der Waals surface area contributed by atoms with Crippen LogP contribution in [0.15, 0.2) is 66.9 Å². The van der Waals surface area contributed by atoms with Gasteiger partial charge in [0.05, 0.1) is 12.7 Å². The van der Waals surface area contributed by atoms with Crippen LogP contribution in [0.4, 0.5) is 5.82 Å². The number of carbonyl (C=O) groups is 1. The Morgan fingerprint density at radius 2 is 1.82 bits per heavy atom. The molecule has 1 amide bonds. The first kappa shape index (κ1) is 19.2. The van der Waals surface area contributed by atoms with Gasteiger partial charge in [-0.3, -0.25) is 4.79 Å². The largest absolute Gasteiger partial charge is 0.493 e. The van der Waals surface area contributed by atoms with Gasteiger partial charge < -0.3 is 20.1 Å². The molecule has 0 fully saturated rings. The molecule has 1 heterocycles. The third kappa shape index (κ3) is 4.59. The summed E-state index contributed by atoms with van der Waals surface area (Å²) in [5, 5.41) is 0. The van der Waals surface area contributed by atoms with E-state index in [9.17, 15) is 4.79 Å². The second-order valence-electron chi connectivity index (χ2n) is 6.35. The second-order valence-corrected chi connectivity index (χ2v) is 6.35. The van der Waals surface area contributed by atoms with Crippen molar-refractivity contribution in [1.29, 1.82) is 0 Å². The van der Waals surface area contributed by atoms with E-state index in [-0.39, 0.29) is 0 Å². The monoisotopic (exact) mass is 377 g/mol. The number of nitrogens with zero attached hydrogens (tertiary/aromatic N) is 2. The van der Waals surface area contributed by atoms with Gasteiger partial charge in [0.2, 0.25) is 0 Å². The highest BCUT2D eigenvalue weighted by molar-refractivity contribution is 5.97. The predicted molar refractivity (Wildman–Crippen MR) is 109 cm³/mol. The Bertz CT molecular complexity index is 945. The van der Waals surface area contributed by atoms with Crippen molar-refractivity contribution in [2.24, 2.45) is 5.73 Å². The molecule has 0 aliphatic carbocycles. The maximum absolute atomic E-state index is 11.6. The number of ether oxygens (including phenoxy) is 2. The lowest BCUT2D eigenvalue weighted by atomic mass is 10.1. The van der Waals surface area contributed by atoms with E-state index in [1.54, 1.807) is 25.4 Å². The highest BCUT2D eigenvalue weighted by Crippen LogP contribution is 2.30. The first-order valence-corrected chi connectivity index (χ1v) is 8.88. The number of carbonyl (C=O) groups excluding carboxylic acids is 1. The normalized spacial score (nSPS) is 10.4. The Morgan fingerprint density at radius 3 is 2.54 bits per heavy atom. The van der Waals surface area contributed by atoms with Crippen molar-refractivity contribution in [2.75, 3.05) is 19.1 Å². The van der Waals surface area contributed by atoms with E-state index >= 15 is 0 Å². The highest BCUT2D eigenvalue weighted by atomic mass is 16.5. The van der Waals surface area contributed by atoms with Gasteiger partial charge in [-0.05, 0) is 35.4 Å². The van der Waals surface area contributed by atoms with Gasteiger partial charge in [0, 0.05) is 19.8 Å². The minimum Gasteiger partial charge on any atom is -0.493 e. The molecule has 0 spiro atoms. The van der Waals surface area contributed by atoms with Crippen molar-refractivity contribution in [3.8, 4) is 11.5 Å². The molecule has 28 heavy (non-hydrogen) atoms. The van der Waals surface area contributed by atoms with Crippen LogP contribution in [0.5, 0.6) is 11.5 Å². The Balaban J connectivity index is 1.74. The number of aromatic nitrogens is 1. The lowest BCUT2D eigenvalue weighted by molar-refractivity contribution is 0.100. The summed E-state index contributed by atoms with van der Waals surface area (Å²) in [6, 6.07) is 19.1. The number of primary amides is 1. The van der Waals surface area contributed by atoms with Crippen LogP contribution in [0.1, 0.15) is 21.5 Å². The number of benzene rings is 2. The number of amides is 1. The summed E-state index contributed by atoms with van der Waals surface area (Å²) in [6.07, 6.45) is 1.64. The zero-order chi connectivity index (χ0) is 19.9. The first-order chi connectivity index (χ1) is 13.6. The van der Waals surface area contributed by atoms with E-state index in [2.05, 4.69) is 4.98 Å². The van der Waals surface area contributed by atoms with Crippen LogP contribution in [-0.4, -0.2) is 25.0 Å². The minimum atomic E-state index is -0.503. The third-order valence-corrected chi connectivity index (χ3v) is 4.30. The molecule has 0 bridgehead atoms. The molecule has 6 nitrogen and oxygen atoms in total. The SMILES string of the molecule is COc1cc(CN(C)c2ncccc2C(N)=O)ccc1OCc1ccccc1. The number of methoxy groups -OCH3 is 1. The number of rotatable bonds is 8. The highest BCUT2D eigenvalue weighted by Gasteiger charge is 2.14. The fraction of sp³-hybridized carbons (Fsp3) is 0.182. The van der Waals surface area contributed by atoms with E-state index in [1.165, 1.54) is 0 Å². The summed E-state index contributed by atoms with van der Waals surface area (Å²) in [5.74, 6) is 1.36. The van der Waals surface area contributed by atoms with Crippen LogP contribution >= 0.6 is 0 Å². The van der Waals surface area contributed by atoms with Crippen LogP contribution in [0.25, 0.3) is 0 Å². The molecule has 3 aromatic rings. The molecular formula is C22H23N3O3. The van der Waals surface area contributed by atoms with Crippen LogP contribution in [-0.2, 0) is 13.2 Å². The Hall–Kier alpha value is -3.54. The van der Waals surface area contributed by atoms with Gasteiger partial charge in [0.15, 0.2) is 11.5 Å². The first-order valence-electron chi connectivity index (χ1n) is 8.88. The molecule has 0 saturated carbocycles. The van der Waals surface area contributed by atoms with Gasteiger partial charge in [0.1, 0.15) is 12.4 Å². The molecule has 0 unspecified atom stereocenters. The Labute approximate surface area is 164 Å². The van der Waals surface area contributed by atoms with Crippen LogP contribution in [0.3, 0.4) is 0 Å². The molecular weight excluding hydrogens is 354 g/mol. The van der Waals surface area contributed by atoms with E-state index in [4.69, 9.17) is 15.2 Å². The Morgan fingerprint density at radius 1 is 1.04 bits per heavy atom. The van der Waals surface area contributed by atoms with Crippen molar-refractivity contribution in [2.45, 2.75) is 13.2 Å². The Kier molecular flexibility index (Phi) is 6.11. The van der Waals surface area contributed by atoms with Crippen molar-refractivity contribution in [1.82, 2.24) is 4.98 Å². The zero-order valence-electron chi connectivity index (χ0n) is 16.0. The van der Waals surface area contributed by atoms with E-state index in [0.29, 0.717) is 36.0 Å².